The number of hydrogen-bond acceptors (Lipinski definition) is 5. The number of likely N-dealkylation sites (tertiary alicyclic amines) is 2. The third-order valence-electron chi connectivity index (χ3n) is 5.41. The van der Waals surface area contributed by atoms with E-state index in [0.29, 0.717) is 18.7 Å². The molecule has 0 saturated carbocycles. The molecule has 0 aliphatic carbocycles. The van der Waals surface area contributed by atoms with Gasteiger partial charge in [-0.05, 0) is 44.2 Å². The number of hydrogen-bond donors (Lipinski definition) is 1. The Morgan fingerprint density at radius 1 is 1.10 bits per heavy atom. The number of nitrogens with one attached hydrogen (secondary N) is 1. The SMILES string of the molecule is N#CC(C#N)C(=N[C@H]1CCCCN(CC(=O)N2CCCC2)C1=O)Nc1ccccc1. The van der Waals surface area contributed by atoms with E-state index in [-0.39, 0.29) is 24.2 Å². The van der Waals surface area contributed by atoms with Crippen molar-refractivity contribution in [1.82, 2.24) is 9.80 Å². The van der Waals surface area contributed by atoms with Gasteiger partial charge >= 0.3 is 0 Å². The summed E-state index contributed by atoms with van der Waals surface area (Å²) in [7, 11) is 0. The van der Waals surface area contributed by atoms with Crippen LogP contribution in [0.15, 0.2) is 35.3 Å². The predicted molar refractivity (Wildman–Crippen MR) is 112 cm³/mol. The highest BCUT2D eigenvalue weighted by atomic mass is 16.2. The second-order valence-electron chi connectivity index (χ2n) is 7.56. The molecular formula is C22H26N6O2. The Labute approximate surface area is 176 Å². The van der Waals surface area contributed by atoms with Gasteiger partial charge in [-0.25, -0.2) is 0 Å². The number of para-hydroxylation sites is 1. The van der Waals surface area contributed by atoms with Crippen LogP contribution in [-0.2, 0) is 9.59 Å². The lowest BCUT2D eigenvalue weighted by atomic mass is 10.1. The molecule has 8 nitrogen and oxygen atoms in total. The third-order valence-corrected chi connectivity index (χ3v) is 5.41. The fraction of sp³-hybridized carbons (Fsp3) is 0.500. The summed E-state index contributed by atoms with van der Waals surface area (Å²) >= 11 is 0. The van der Waals surface area contributed by atoms with Crippen LogP contribution in [0, 0.1) is 28.6 Å². The molecule has 30 heavy (non-hydrogen) atoms. The monoisotopic (exact) mass is 406 g/mol. The predicted octanol–water partition coefficient (Wildman–Crippen LogP) is 2.16. The molecule has 1 aromatic carbocycles. The van der Waals surface area contributed by atoms with Crippen molar-refractivity contribution in [3.05, 3.63) is 30.3 Å². The van der Waals surface area contributed by atoms with E-state index in [2.05, 4.69) is 10.3 Å². The summed E-state index contributed by atoms with van der Waals surface area (Å²) in [4.78, 5) is 33.6. The molecular weight excluding hydrogens is 380 g/mol. The van der Waals surface area contributed by atoms with Crippen molar-refractivity contribution in [3.8, 4) is 12.1 Å². The van der Waals surface area contributed by atoms with E-state index in [1.54, 1.807) is 21.9 Å². The van der Waals surface area contributed by atoms with E-state index >= 15 is 0 Å². The van der Waals surface area contributed by atoms with Gasteiger partial charge in [-0.3, -0.25) is 14.6 Å². The van der Waals surface area contributed by atoms with Gasteiger partial charge in [-0.1, -0.05) is 18.2 Å². The minimum Gasteiger partial charge on any atom is -0.342 e. The van der Waals surface area contributed by atoms with Crippen LogP contribution in [0.2, 0.25) is 0 Å². The van der Waals surface area contributed by atoms with Crippen LogP contribution in [-0.4, -0.2) is 59.7 Å². The molecule has 0 aromatic heterocycles. The normalized spacial score (nSPS) is 19.9. The minimum atomic E-state index is -1.11. The average molecular weight is 406 g/mol. The lowest BCUT2D eigenvalue weighted by molar-refractivity contribution is -0.140. The number of rotatable bonds is 5. The van der Waals surface area contributed by atoms with Crippen molar-refractivity contribution >= 4 is 23.3 Å². The number of nitrogens with zero attached hydrogens (tertiary/aromatic N) is 5. The van der Waals surface area contributed by atoms with Crippen molar-refractivity contribution in [3.63, 3.8) is 0 Å². The van der Waals surface area contributed by atoms with Gasteiger partial charge in [0.25, 0.3) is 0 Å². The molecule has 2 amide bonds. The molecule has 1 atom stereocenters. The van der Waals surface area contributed by atoms with Crippen LogP contribution < -0.4 is 5.32 Å². The number of aliphatic imine (C=N–C) groups is 1. The average Bonchev–Trinajstić information content (AvgIpc) is 3.25. The fourth-order valence-electron chi connectivity index (χ4n) is 3.76. The van der Waals surface area contributed by atoms with Crippen molar-refractivity contribution < 1.29 is 9.59 Å². The maximum absolute atomic E-state index is 13.1. The van der Waals surface area contributed by atoms with Crippen molar-refractivity contribution in [2.24, 2.45) is 10.9 Å². The second-order valence-corrected chi connectivity index (χ2v) is 7.56. The summed E-state index contributed by atoms with van der Waals surface area (Å²) in [5.74, 6) is -1.19. The van der Waals surface area contributed by atoms with E-state index in [4.69, 9.17) is 0 Å². The Balaban J connectivity index is 1.79. The molecule has 0 bridgehead atoms. The smallest absolute Gasteiger partial charge is 0.247 e. The van der Waals surface area contributed by atoms with E-state index in [1.165, 1.54) is 0 Å². The molecule has 2 aliphatic rings. The molecule has 3 rings (SSSR count). The highest BCUT2D eigenvalue weighted by Gasteiger charge is 2.31. The number of amidine groups is 1. The number of carbonyl (C=O) groups is 2. The summed E-state index contributed by atoms with van der Waals surface area (Å²) in [6, 6.07) is 12.3. The highest BCUT2D eigenvalue weighted by molar-refractivity contribution is 6.02. The van der Waals surface area contributed by atoms with Gasteiger partial charge in [0, 0.05) is 25.3 Å². The quantitative estimate of drug-likeness (QED) is 0.595. The maximum atomic E-state index is 13.1. The number of carbonyl (C=O) groups excluding carboxylic acids is 2. The maximum Gasteiger partial charge on any atom is 0.247 e. The van der Waals surface area contributed by atoms with Gasteiger partial charge in [0.05, 0.1) is 18.7 Å². The molecule has 2 fully saturated rings. The zero-order valence-corrected chi connectivity index (χ0v) is 17.0. The summed E-state index contributed by atoms with van der Waals surface area (Å²) < 4.78 is 0. The Hall–Kier alpha value is -3.39. The van der Waals surface area contributed by atoms with Crippen molar-refractivity contribution in [2.45, 2.75) is 38.1 Å². The van der Waals surface area contributed by atoms with Gasteiger partial charge in [0.1, 0.15) is 11.9 Å². The Morgan fingerprint density at radius 2 is 1.77 bits per heavy atom. The van der Waals surface area contributed by atoms with E-state index in [9.17, 15) is 20.1 Å². The van der Waals surface area contributed by atoms with Gasteiger partial charge in [-0.2, -0.15) is 10.5 Å². The van der Waals surface area contributed by atoms with Gasteiger partial charge in [-0.15, -0.1) is 0 Å². The molecule has 8 heteroatoms. The van der Waals surface area contributed by atoms with E-state index in [0.717, 1.165) is 38.8 Å². The Kier molecular flexibility index (Phi) is 7.40. The Bertz CT molecular complexity index is 850. The number of nitriles is 2. The zero-order chi connectivity index (χ0) is 21.3. The molecule has 0 radical (unpaired) electrons. The molecule has 1 aromatic rings. The van der Waals surface area contributed by atoms with Crippen LogP contribution in [0.1, 0.15) is 32.1 Å². The van der Waals surface area contributed by atoms with Gasteiger partial charge < -0.3 is 15.1 Å². The second kappa shape index (κ2) is 10.4. The van der Waals surface area contributed by atoms with Crippen LogP contribution >= 0.6 is 0 Å². The first-order valence-electron chi connectivity index (χ1n) is 10.4. The molecule has 0 unspecified atom stereocenters. The summed E-state index contributed by atoms with van der Waals surface area (Å²) in [6.45, 7) is 2.08. The molecule has 156 valence electrons. The van der Waals surface area contributed by atoms with Crippen LogP contribution in [0.5, 0.6) is 0 Å². The lowest BCUT2D eigenvalue weighted by Gasteiger charge is -2.25. The first-order valence-corrected chi connectivity index (χ1v) is 10.4. The molecule has 1 N–H and O–H groups in total. The lowest BCUT2D eigenvalue weighted by Crippen LogP contribution is -2.45. The Morgan fingerprint density at radius 3 is 2.43 bits per heavy atom. The highest BCUT2D eigenvalue weighted by Crippen LogP contribution is 2.18. The fourth-order valence-corrected chi connectivity index (χ4v) is 3.76. The molecule has 2 saturated heterocycles. The van der Waals surface area contributed by atoms with Gasteiger partial charge in [0.15, 0.2) is 5.92 Å². The van der Waals surface area contributed by atoms with E-state index < -0.39 is 12.0 Å². The number of anilines is 1. The van der Waals surface area contributed by atoms with Crippen molar-refractivity contribution in [1.29, 1.82) is 10.5 Å². The minimum absolute atomic E-state index is 0.0277. The first kappa shape index (κ1) is 21.3. The topological polar surface area (TPSA) is 113 Å². The van der Waals surface area contributed by atoms with Crippen LogP contribution in [0.4, 0.5) is 5.69 Å². The molecule has 2 aliphatic heterocycles. The van der Waals surface area contributed by atoms with Crippen LogP contribution in [0.3, 0.4) is 0 Å². The largest absolute Gasteiger partial charge is 0.342 e. The van der Waals surface area contributed by atoms with E-state index in [1.807, 2.05) is 30.3 Å². The zero-order valence-electron chi connectivity index (χ0n) is 17.0. The van der Waals surface area contributed by atoms with Crippen LogP contribution in [0.25, 0.3) is 0 Å². The first-order chi connectivity index (χ1) is 14.6. The summed E-state index contributed by atoms with van der Waals surface area (Å²) in [5.41, 5.74) is 0.689. The third kappa shape index (κ3) is 5.36. The molecule has 0 spiro atoms. The molecule has 2 heterocycles. The van der Waals surface area contributed by atoms with Crippen molar-refractivity contribution in [2.75, 3.05) is 31.5 Å². The summed E-state index contributed by atoms with van der Waals surface area (Å²) in [5, 5.41) is 21.8. The number of amides is 2. The number of benzene rings is 1. The standard InChI is InChI=1S/C22H26N6O2/c23-14-17(15-24)21(25-18-8-2-1-3-9-18)26-19-10-4-5-13-28(22(19)30)16-20(29)27-11-6-7-12-27/h1-3,8-9,17,19H,4-7,10-13,16H2,(H,25,26)/t19-/m0/s1. The van der Waals surface area contributed by atoms with Gasteiger partial charge in [0.2, 0.25) is 11.8 Å². The summed E-state index contributed by atoms with van der Waals surface area (Å²) in [6.07, 6.45) is 4.12.